The van der Waals surface area contributed by atoms with Crippen molar-refractivity contribution in [1.29, 1.82) is 0 Å². The van der Waals surface area contributed by atoms with Crippen LogP contribution in [0.25, 0.3) is 0 Å². The summed E-state index contributed by atoms with van der Waals surface area (Å²) in [6.45, 7) is 4.63. The fourth-order valence-corrected chi connectivity index (χ4v) is 15.3. The molecular formula is C18H16AsPd2S20-7. The Morgan fingerprint density at radius 2 is 0.537 bits per heavy atom. The van der Waals surface area contributed by atoms with Crippen molar-refractivity contribution < 1.29 is 40.8 Å². The SMILES string of the molecule is CC[As+](C)(C)CC.S=c1sc([S-])c([S-])s1.S=c1sc([S-])c([S-])s1.S=c1sc([S-])c([S-])s1.S=c1sc([S-])c([S-])s1.[Pd].[Pd]. The van der Waals surface area contributed by atoms with E-state index in [-0.39, 0.29) is 40.8 Å². The van der Waals surface area contributed by atoms with E-state index in [2.05, 4.69) is 25.3 Å². The molecular weight excluding hydrogens is 1150 g/mol. The molecule has 0 radical (unpaired) electrons. The summed E-state index contributed by atoms with van der Waals surface area (Å²) in [4.78, 5) is 0. The third-order valence-corrected chi connectivity index (χ3v) is 25.1. The topological polar surface area (TPSA) is 0 Å². The van der Waals surface area contributed by atoms with Crippen LogP contribution in [0, 0.1) is 12.6 Å². The molecule has 0 saturated heterocycles. The van der Waals surface area contributed by atoms with Crippen molar-refractivity contribution in [2.24, 2.45) is 0 Å². The smallest absolute Gasteiger partial charge is 0 e. The van der Waals surface area contributed by atoms with Crippen LogP contribution in [0.1, 0.15) is 13.8 Å². The zero-order chi connectivity index (χ0) is 30.5. The maximum absolute atomic E-state index is 4.83. The average Bonchev–Trinajstić information content (AvgIpc) is 3.50. The van der Waals surface area contributed by atoms with Gasteiger partial charge in [0.2, 0.25) is 0 Å². The summed E-state index contributed by atoms with van der Waals surface area (Å²) in [5.74, 6) is 0. The zero-order valence-corrected chi connectivity index (χ0v) is 42.0. The molecule has 0 N–H and O–H groups in total. The molecule has 0 aromatic carbocycles. The molecule has 0 aliphatic heterocycles. The van der Waals surface area contributed by atoms with Gasteiger partial charge in [-0.25, -0.2) is 0 Å². The Balaban J connectivity index is -0.000000436. The third-order valence-electron chi connectivity index (χ3n) is 3.79. The number of rotatable bonds is 2. The fourth-order valence-electron chi connectivity index (χ4n) is 1.25. The van der Waals surface area contributed by atoms with Crippen LogP contribution in [-0.2, 0) is 142 Å². The van der Waals surface area contributed by atoms with Crippen molar-refractivity contribution in [3.63, 3.8) is 0 Å². The second kappa shape index (κ2) is 26.6. The van der Waals surface area contributed by atoms with E-state index in [4.69, 9.17) is 150 Å². The molecule has 4 heterocycles. The normalized spacial score (nSPS) is 9.46. The van der Waals surface area contributed by atoms with E-state index in [1.807, 2.05) is 0 Å². The quantitative estimate of drug-likeness (QED) is 0.107. The van der Waals surface area contributed by atoms with Crippen molar-refractivity contribution in [2.45, 2.75) is 69.4 Å². The molecule has 4 aromatic heterocycles. The van der Waals surface area contributed by atoms with Gasteiger partial charge < -0.3 is 192 Å². The van der Waals surface area contributed by atoms with E-state index in [1.165, 1.54) is 101 Å². The van der Waals surface area contributed by atoms with Gasteiger partial charge in [-0.1, -0.05) is 0 Å². The predicted molar refractivity (Wildman–Crippen MR) is 216 cm³/mol. The second-order valence-electron chi connectivity index (χ2n) is 6.68. The average molecular weight is 1160 g/mol. The monoisotopic (exact) mass is 1160 g/mol. The van der Waals surface area contributed by atoms with Gasteiger partial charge >= 0.3 is 49.2 Å². The Morgan fingerprint density at radius 1 is 0.415 bits per heavy atom. The van der Waals surface area contributed by atoms with E-state index in [1.54, 1.807) is 0 Å². The third kappa shape index (κ3) is 23.7. The van der Waals surface area contributed by atoms with Crippen LogP contribution in [0.15, 0.2) is 33.7 Å². The van der Waals surface area contributed by atoms with E-state index in [0.717, 1.165) is 46.2 Å². The summed E-state index contributed by atoms with van der Waals surface area (Å²) in [6, 6.07) is 0. The first-order valence-corrected chi connectivity index (χ1v) is 27.5. The van der Waals surface area contributed by atoms with Gasteiger partial charge in [0.15, 0.2) is 0 Å². The molecule has 0 atom stereocenters. The maximum Gasteiger partial charge on any atom is 0 e. The van der Waals surface area contributed by atoms with E-state index >= 15 is 0 Å². The molecule has 240 valence electrons. The molecule has 0 unspecified atom stereocenters. The molecule has 4 aromatic rings. The summed E-state index contributed by atoms with van der Waals surface area (Å²) in [6.07, 6.45) is 0. The molecule has 0 bridgehead atoms. The molecule has 0 fully saturated rings. The van der Waals surface area contributed by atoms with Crippen LogP contribution < -0.4 is 0 Å². The molecule has 0 amide bonds. The Kier molecular flexibility index (Phi) is 32.5. The van der Waals surface area contributed by atoms with Gasteiger partial charge in [-0.15, -0.1) is 82.5 Å². The van der Waals surface area contributed by atoms with Gasteiger partial charge in [-0.2, -0.15) is 0 Å². The van der Waals surface area contributed by atoms with Crippen molar-refractivity contribution in [3.05, 3.63) is 12.6 Å². The fraction of sp³-hybridized carbons (Fsp3) is 0.333. The summed E-state index contributed by atoms with van der Waals surface area (Å²) in [7, 11) is 0. The van der Waals surface area contributed by atoms with Gasteiger partial charge in [0, 0.05) is 40.8 Å². The predicted octanol–water partition coefficient (Wildman–Crippen LogP) is 12.1. The van der Waals surface area contributed by atoms with Crippen LogP contribution in [0.4, 0.5) is 0 Å². The van der Waals surface area contributed by atoms with E-state index < -0.39 is 13.6 Å². The summed E-state index contributed by atoms with van der Waals surface area (Å²) in [5.41, 5.74) is 4.94. The Hall–Kier alpha value is 4.72. The molecule has 23 heteroatoms. The molecule has 0 aliphatic carbocycles. The van der Waals surface area contributed by atoms with Gasteiger partial charge in [0.25, 0.3) is 0 Å². The van der Waals surface area contributed by atoms with Gasteiger partial charge in [0.05, 0.1) is 0 Å². The maximum atomic E-state index is 4.83. The van der Waals surface area contributed by atoms with E-state index in [0.29, 0.717) is 0 Å². The first-order chi connectivity index (χ1) is 17.9. The largest absolute Gasteiger partial charge is 0.429 e. The molecule has 0 spiro atoms. The Bertz CT molecular complexity index is 1190. The van der Waals surface area contributed by atoms with Crippen LogP contribution >= 0.6 is 140 Å². The number of hydrogen-bond acceptors (Lipinski definition) is 20. The summed E-state index contributed by atoms with van der Waals surface area (Å²) < 4.78 is 9.41. The minimum Gasteiger partial charge on any atom is -0.429 e. The molecule has 0 nitrogen and oxygen atoms in total. The van der Waals surface area contributed by atoms with Crippen molar-refractivity contribution in [3.8, 4) is 0 Å². The minimum absolute atomic E-state index is 0. The van der Waals surface area contributed by atoms with Crippen LogP contribution in [0.2, 0.25) is 21.8 Å². The van der Waals surface area contributed by atoms with Gasteiger partial charge in [-0.3, -0.25) is 0 Å². The summed E-state index contributed by atoms with van der Waals surface area (Å²) >= 11 is 68.3. The standard InChI is InChI=1S/C6H16As.4C3H2S5.2Pd/c1-5-7(3,4)6-2;4*4-1-2(5)8-3(6)7-1;;/h5-6H2,1-4H3;4*4-5H;;/q+1;;;;;;/p-8. The van der Waals surface area contributed by atoms with E-state index in [9.17, 15) is 0 Å². The number of hydrogen-bond donors (Lipinski definition) is 0. The Morgan fingerprint density at radius 3 is 0.561 bits per heavy atom. The van der Waals surface area contributed by atoms with Gasteiger partial charge in [0.1, 0.15) is 0 Å². The van der Waals surface area contributed by atoms with Crippen molar-refractivity contribution in [2.75, 3.05) is 0 Å². The van der Waals surface area contributed by atoms with Crippen molar-refractivity contribution >= 4 is 254 Å². The molecule has 41 heavy (non-hydrogen) atoms. The van der Waals surface area contributed by atoms with Crippen LogP contribution in [-0.4, -0.2) is 13.6 Å². The van der Waals surface area contributed by atoms with Gasteiger partial charge in [-0.05, 0) is 12.6 Å². The zero-order valence-electron chi connectivity index (χ0n) is 20.7. The Labute approximate surface area is 369 Å². The van der Waals surface area contributed by atoms with Crippen LogP contribution in [0.5, 0.6) is 0 Å². The van der Waals surface area contributed by atoms with Crippen molar-refractivity contribution in [1.82, 2.24) is 0 Å². The second-order valence-corrected chi connectivity index (χ2v) is 35.7. The summed E-state index contributed by atoms with van der Waals surface area (Å²) in [5, 5.41) is 2.93. The molecule has 4 rings (SSSR count). The molecule has 0 aliphatic rings. The minimum atomic E-state index is -0.944. The first-order valence-electron chi connectivity index (χ1n) is 9.66. The molecule has 0 saturated carbocycles. The van der Waals surface area contributed by atoms with Crippen LogP contribution in [0.3, 0.4) is 0 Å². The first kappa shape index (κ1) is 50.1.